The molecule has 8 nitrogen and oxygen atoms in total. The van der Waals surface area contributed by atoms with Crippen molar-refractivity contribution in [2.24, 2.45) is 5.41 Å². The average Bonchev–Trinajstić information content (AvgIpc) is 3.45. The Morgan fingerprint density at radius 3 is 2.61 bits per heavy atom. The van der Waals surface area contributed by atoms with E-state index in [1.54, 1.807) is 18.2 Å². The third-order valence-corrected chi connectivity index (χ3v) is 8.02. The summed E-state index contributed by atoms with van der Waals surface area (Å²) in [7, 11) is -3.84. The van der Waals surface area contributed by atoms with Crippen LogP contribution in [0.25, 0.3) is 0 Å². The summed E-state index contributed by atoms with van der Waals surface area (Å²) in [5.41, 5.74) is 3.07. The first-order valence-corrected chi connectivity index (χ1v) is 11.6. The van der Waals surface area contributed by atoms with Gasteiger partial charge < -0.3 is 10.0 Å². The third kappa shape index (κ3) is 4.59. The molecule has 0 saturated heterocycles. The number of carbonyl (C=O) groups is 2. The maximum atomic E-state index is 12.7. The highest BCUT2D eigenvalue weighted by molar-refractivity contribution is 7.92. The highest BCUT2D eigenvalue weighted by Crippen LogP contribution is 2.44. The fourth-order valence-corrected chi connectivity index (χ4v) is 4.16. The second-order valence-corrected chi connectivity index (χ2v) is 10.7. The molecule has 1 aromatic carbocycles. The van der Waals surface area contributed by atoms with Crippen molar-refractivity contribution in [2.75, 3.05) is 19.4 Å². The van der Waals surface area contributed by atoms with Crippen LogP contribution in [0.4, 0.5) is 0 Å². The zero-order valence-electron chi connectivity index (χ0n) is 17.4. The van der Waals surface area contributed by atoms with Gasteiger partial charge in [-0.1, -0.05) is 11.8 Å². The van der Waals surface area contributed by atoms with E-state index in [4.69, 9.17) is 5.21 Å². The van der Waals surface area contributed by atoms with Gasteiger partial charge in [-0.15, -0.1) is 0 Å². The summed E-state index contributed by atoms with van der Waals surface area (Å²) in [4.78, 5) is 26.1. The lowest BCUT2D eigenvalue weighted by atomic mass is 10.1. The van der Waals surface area contributed by atoms with E-state index in [9.17, 15) is 23.1 Å². The minimum absolute atomic E-state index is 0.0280. The molecule has 1 aromatic rings. The standard InChI is InChI=1S/C22H24N2O6S/c1-21(20(27)23-28,31(2,29)30)11-12-24-14-17-13-16(6-7-18(17)19(24)26)5-3-4-8-22(15-25)9-10-22/h6-7,13,25,28H,9-12,14-15H2,1-2H3,(H,23,27). The van der Waals surface area contributed by atoms with Gasteiger partial charge in [0.05, 0.1) is 12.0 Å². The summed E-state index contributed by atoms with van der Waals surface area (Å²) in [6.45, 7) is 1.56. The summed E-state index contributed by atoms with van der Waals surface area (Å²) >= 11 is 0. The van der Waals surface area contributed by atoms with Gasteiger partial charge in [0.1, 0.15) is 0 Å². The molecule has 1 fully saturated rings. The van der Waals surface area contributed by atoms with Crippen molar-refractivity contribution in [1.82, 2.24) is 10.4 Å². The average molecular weight is 445 g/mol. The van der Waals surface area contributed by atoms with Crippen molar-refractivity contribution in [3.05, 3.63) is 34.9 Å². The third-order valence-electron chi connectivity index (χ3n) is 6.00. The van der Waals surface area contributed by atoms with Gasteiger partial charge >= 0.3 is 0 Å². The minimum atomic E-state index is -3.84. The normalized spacial score (nSPS) is 18.1. The summed E-state index contributed by atoms with van der Waals surface area (Å²) in [6.07, 6.45) is 2.52. The van der Waals surface area contributed by atoms with E-state index in [1.165, 1.54) is 17.3 Å². The SMILES string of the molecule is CC(CCN1Cc2cc(C#CC#CC3(CO)CC3)ccc2C1=O)(C(=O)NO)S(C)(=O)=O. The zero-order chi connectivity index (χ0) is 22.9. The maximum Gasteiger partial charge on any atom is 0.264 e. The number of amides is 2. The first kappa shape index (κ1) is 22.8. The van der Waals surface area contributed by atoms with Crippen molar-refractivity contribution in [3.63, 3.8) is 0 Å². The Bertz CT molecular complexity index is 1150. The van der Waals surface area contributed by atoms with Gasteiger partial charge in [0.2, 0.25) is 0 Å². The summed E-state index contributed by atoms with van der Waals surface area (Å²) in [6, 6.07) is 5.17. The predicted molar refractivity (Wildman–Crippen MR) is 112 cm³/mol. The fraction of sp³-hybridized carbons (Fsp3) is 0.455. The first-order valence-electron chi connectivity index (χ1n) is 9.76. The Balaban J connectivity index is 1.71. The molecule has 31 heavy (non-hydrogen) atoms. The summed E-state index contributed by atoms with van der Waals surface area (Å²) in [5, 5.41) is 18.2. The molecule has 1 aliphatic heterocycles. The molecule has 2 amide bonds. The van der Waals surface area contributed by atoms with Crippen LogP contribution in [0.3, 0.4) is 0 Å². The van der Waals surface area contributed by atoms with Crippen molar-refractivity contribution < 1.29 is 28.3 Å². The van der Waals surface area contributed by atoms with E-state index in [0.29, 0.717) is 11.1 Å². The molecule has 9 heteroatoms. The number of hydrogen-bond acceptors (Lipinski definition) is 6. The molecular weight excluding hydrogens is 420 g/mol. The van der Waals surface area contributed by atoms with Crippen LogP contribution in [0.15, 0.2) is 18.2 Å². The van der Waals surface area contributed by atoms with Crippen LogP contribution < -0.4 is 5.48 Å². The molecular formula is C22H24N2O6S. The quantitative estimate of drug-likeness (QED) is 0.333. The van der Waals surface area contributed by atoms with Gasteiger partial charge in [0.15, 0.2) is 14.6 Å². The predicted octanol–water partition coefficient (Wildman–Crippen LogP) is 0.469. The molecule has 164 valence electrons. The highest BCUT2D eigenvalue weighted by atomic mass is 32.2. The van der Waals surface area contributed by atoms with Gasteiger partial charge in [0.25, 0.3) is 11.8 Å². The van der Waals surface area contributed by atoms with Crippen molar-refractivity contribution in [1.29, 1.82) is 0 Å². The number of aliphatic hydroxyl groups excluding tert-OH is 1. The summed E-state index contributed by atoms with van der Waals surface area (Å²) < 4.78 is 22.3. The molecule has 1 atom stereocenters. The number of nitrogens with one attached hydrogen (secondary N) is 1. The first-order chi connectivity index (χ1) is 14.5. The van der Waals surface area contributed by atoms with Crippen LogP contribution in [-0.2, 0) is 21.2 Å². The van der Waals surface area contributed by atoms with Gasteiger partial charge in [-0.3, -0.25) is 14.8 Å². The van der Waals surface area contributed by atoms with Gasteiger partial charge in [0, 0.05) is 30.5 Å². The maximum absolute atomic E-state index is 12.7. The molecule has 0 radical (unpaired) electrons. The number of fused-ring (bicyclic) bond motifs is 1. The number of hydrogen-bond donors (Lipinski definition) is 3. The van der Waals surface area contributed by atoms with Crippen LogP contribution in [0.2, 0.25) is 0 Å². The van der Waals surface area contributed by atoms with E-state index in [1.807, 2.05) is 0 Å². The largest absolute Gasteiger partial charge is 0.395 e. The zero-order valence-corrected chi connectivity index (χ0v) is 18.2. The Labute approximate surface area is 181 Å². The number of hydroxylamine groups is 1. The Morgan fingerprint density at radius 2 is 2.03 bits per heavy atom. The molecule has 1 saturated carbocycles. The Hall–Kier alpha value is -2.85. The van der Waals surface area contributed by atoms with Crippen LogP contribution in [-0.4, -0.2) is 59.6 Å². The number of nitrogens with zero attached hydrogens (tertiary/aromatic N) is 1. The van der Waals surface area contributed by atoms with Crippen molar-refractivity contribution in [3.8, 4) is 23.7 Å². The monoisotopic (exact) mass is 444 g/mol. The van der Waals surface area contributed by atoms with Crippen LogP contribution in [0, 0.1) is 29.1 Å². The van der Waals surface area contributed by atoms with E-state index < -0.39 is 20.5 Å². The lowest BCUT2D eigenvalue weighted by Gasteiger charge is -2.27. The molecule has 0 spiro atoms. The van der Waals surface area contributed by atoms with Crippen LogP contribution >= 0.6 is 0 Å². The minimum Gasteiger partial charge on any atom is -0.395 e. The van der Waals surface area contributed by atoms with E-state index in [0.717, 1.165) is 24.7 Å². The Morgan fingerprint density at radius 1 is 1.32 bits per heavy atom. The van der Waals surface area contributed by atoms with E-state index in [-0.39, 0.29) is 37.4 Å². The smallest absolute Gasteiger partial charge is 0.264 e. The van der Waals surface area contributed by atoms with E-state index in [2.05, 4.69) is 23.7 Å². The number of benzene rings is 1. The number of aliphatic hydroxyl groups is 1. The number of carbonyl (C=O) groups excluding carboxylic acids is 2. The molecule has 0 bridgehead atoms. The Kier molecular flexibility index (Phi) is 6.15. The van der Waals surface area contributed by atoms with Crippen LogP contribution in [0.5, 0.6) is 0 Å². The van der Waals surface area contributed by atoms with E-state index >= 15 is 0 Å². The molecule has 1 aliphatic carbocycles. The second kappa shape index (κ2) is 8.35. The molecule has 3 rings (SSSR count). The number of sulfone groups is 1. The lowest BCUT2D eigenvalue weighted by molar-refractivity contribution is -0.131. The lowest BCUT2D eigenvalue weighted by Crippen LogP contribution is -2.50. The van der Waals surface area contributed by atoms with Gasteiger partial charge in [-0.05, 0) is 61.8 Å². The molecule has 2 aliphatic rings. The fourth-order valence-electron chi connectivity index (χ4n) is 3.31. The summed E-state index contributed by atoms with van der Waals surface area (Å²) in [5.74, 6) is 10.2. The van der Waals surface area contributed by atoms with Gasteiger partial charge in [-0.2, -0.15) is 0 Å². The second-order valence-electron chi connectivity index (χ2n) is 8.23. The molecule has 1 unspecified atom stereocenters. The highest BCUT2D eigenvalue weighted by Gasteiger charge is 2.44. The molecule has 1 heterocycles. The molecule has 0 aromatic heterocycles. The van der Waals surface area contributed by atoms with Gasteiger partial charge in [-0.25, -0.2) is 13.9 Å². The molecule has 3 N–H and O–H groups in total. The van der Waals surface area contributed by atoms with Crippen molar-refractivity contribution >= 4 is 21.7 Å². The topological polar surface area (TPSA) is 124 Å². The van der Waals surface area contributed by atoms with Crippen LogP contribution in [0.1, 0.15) is 47.7 Å². The van der Waals surface area contributed by atoms with Crippen molar-refractivity contribution in [2.45, 2.75) is 37.5 Å². The number of rotatable bonds is 6.